The van der Waals surface area contributed by atoms with Gasteiger partial charge in [0.15, 0.2) is 5.82 Å². The maximum absolute atomic E-state index is 15.2. The first kappa shape index (κ1) is 49.0. The van der Waals surface area contributed by atoms with Gasteiger partial charge in [0.1, 0.15) is 40.8 Å². The number of piperazine rings is 1. The summed E-state index contributed by atoms with van der Waals surface area (Å²) in [4.78, 5) is 82.7. The van der Waals surface area contributed by atoms with Gasteiger partial charge in [-0.2, -0.15) is 0 Å². The van der Waals surface area contributed by atoms with Crippen LogP contribution in [0.1, 0.15) is 92.1 Å². The molecule has 0 aliphatic carbocycles. The third-order valence-corrected chi connectivity index (χ3v) is 12.2. The number of carbonyl (C=O) groups is 5. The number of hydrogen-bond acceptors (Lipinski definition) is 13. The van der Waals surface area contributed by atoms with Crippen LogP contribution in [0.3, 0.4) is 0 Å². The summed E-state index contributed by atoms with van der Waals surface area (Å²) in [7, 11) is -2.58. The van der Waals surface area contributed by atoms with Gasteiger partial charge in [0.25, 0.3) is 5.91 Å². The highest BCUT2D eigenvalue weighted by molar-refractivity contribution is 7.60. The molecule has 0 radical (unpaired) electrons. The molecule has 3 heterocycles. The minimum atomic E-state index is -4.22. The molecule has 0 bridgehead atoms. The number of aromatic nitrogens is 2. The molecule has 3 N–H and O–H groups in total. The van der Waals surface area contributed by atoms with Gasteiger partial charge >= 0.3 is 18.0 Å². The average molecular weight is 873 g/mol. The van der Waals surface area contributed by atoms with Crippen LogP contribution in [-0.4, -0.2) is 144 Å². The number of esters is 2. The number of hydrogen-bond donors (Lipinski definition) is 3. The number of nitrogens with one attached hydrogen (secondary N) is 3. The van der Waals surface area contributed by atoms with Crippen LogP contribution in [0.4, 0.5) is 10.6 Å². The first-order valence-corrected chi connectivity index (χ1v) is 22.8. The molecule has 0 saturated carbocycles. The summed E-state index contributed by atoms with van der Waals surface area (Å²) in [5.41, 5.74) is -1.15. The van der Waals surface area contributed by atoms with Gasteiger partial charge in [0.2, 0.25) is 13.4 Å². The van der Waals surface area contributed by atoms with Gasteiger partial charge in [-0.1, -0.05) is 43.7 Å². The number of anilines is 1. The standard InChI is InChI=1S/C42H65N8O10P/c1-11-12-24-58-40(55)49-22-20-48(21-23-49)37(52)33(27-61(56,46-28(2)38(53)59-41(4,5)6)47-29(3)39(54)60-42(7,8)9)44-36(51)32-25-34(50-19-18-31(26-50)57-10)45-35(43-32)30-16-14-13-15-17-30/h13-17,25,28-29,31,33H,11-12,18-24,26-27H2,1-10H3,(H,44,51)(H2,46,47,56)/t28-,29+,31-,33?,61?/m0/s1. The lowest BCUT2D eigenvalue weighted by molar-refractivity contribution is -0.157. The van der Waals surface area contributed by atoms with Crippen LogP contribution >= 0.6 is 7.44 Å². The van der Waals surface area contributed by atoms with Crippen molar-refractivity contribution in [3.63, 3.8) is 0 Å². The number of rotatable bonds is 17. The molecule has 61 heavy (non-hydrogen) atoms. The van der Waals surface area contributed by atoms with E-state index in [0.29, 0.717) is 24.5 Å². The minimum Gasteiger partial charge on any atom is -0.459 e. The van der Waals surface area contributed by atoms with Crippen LogP contribution < -0.4 is 20.4 Å². The highest BCUT2D eigenvalue weighted by Gasteiger charge is 2.40. The van der Waals surface area contributed by atoms with Crippen molar-refractivity contribution in [2.75, 3.05) is 64.0 Å². The Morgan fingerprint density at radius 1 is 0.852 bits per heavy atom. The van der Waals surface area contributed by atoms with Crippen LogP contribution in [0.15, 0.2) is 36.4 Å². The van der Waals surface area contributed by atoms with E-state index in [-0.39, 0.29) is 50.4 Å². The smallest absolute Gasteiger partial charge is 0.409 e. The third kappa shape index (κ3) is 15.0. The zero-order valence-corrected chi connectivity index (χ0v) is 38.2. The fraction of sp³-hybridized carbons (Fsp3) is 0.643. The Morgan fingerprint density at radius 3 is 1.95 bits per heavy atom. The van der Waals surface area contributed by atoms with Crippen molar-refractivity contribution in [1.82, 2.24) is 35.3 Å². The van der Waals surface area contributed by atoms with Crippen molar-refractivity contribution in [3.05, 3.63) is 42.1 Å². The number of methoxy groups -OCH3 is 1. The predicted molar refractivity (Wildman–Crippen MR) is 230 cm³/mol. The van der Waals surface area contributed by atoms with Crippen LogP contribution in [0.2, 0.25) is 0 Å². The number of carbonyl (C=O) groups excluding carboxylic acids is 5. The van der Waals surface area contributed by atoms with Gasteiger partial charge < -0.3 is 39.0 Å². The van der Waals surface area contributed by atoms with Gasteiger partial charge in [0, 0.05) is 58.0 Å². The monoisotopic (exact) mass is 872 g/mol. The van der Waals surface area contributed by atoms with E-state index in [2.05, 4.69) is 20.5 Å². The first-order chi connectivity index (χ1) is 28.6. The van der Waals surface area contributed by atoms with E-state index >= 15 is 4.57 Å². The van der Waals surface area contributed by atoms with Gasteiger partial charge in [-0.15, -0.1) is 0 Å². The maximum atomic E-state index is 15.2. The molecular weight excluding hydrogens is 807 g/mol. The molecule has 19 heteroatoms. The highest BCUT2D eigenvalue weighted by atomic mass is 31.2. The normalized spacial score (nSPS) is 18.4. The number of unbranched alkanes of at least 4 members (excludes halogenated alkanes) is 1. The van der Waals surface area contributed by atoms with Crippen molar-refractivity contribution < 1.29 is 47.5 Å². The fourth-order valence-electron chi connectivity index (χ4n) is 6.61. The largest absolute Gasteiger partial charge is 0.459 e. The molecule has 1 aromatic heterocycles. The van der Waals surface area contributed by atoms with E-state index < -0.39 is 72.8 Å². The molecule has 2 fully saturated rings. The quantitative estimate of drug-likeness (QED) is 0.0872. The second kappa shape index (κ2) is 21.4. The number of benzene rings is 1. The molecule has 338 valence electrons. The summed E-state index contributed by atoms with van der Waals surface area (Å²) in [6.45, 7) is 17.0. The van der Waals surface area contributed by atoms with Gasteiger partial charge in [0.05, 0.1) is 18.9 Å². The molecular formula is C42H65N8O10P. The summed E-state index contributed by atoms with van der Waals surface area (Å²) in [5, 5.41) is 8.45. The Kier molecular flexibility index (Phi) is 17.2. The van der Waals surface area contributed by atoms with E-state index in [9.17, 15) is 24.0 Å². The van der Waals surface area contributed by atoms with Crippen LogP contribution in [-0.2, 0) is 37.9 Å². The van der Waals surface area contributed by atoms with Gasteiger partial charge in [-0.25, -0.2) is 24.9 Å². The van der Waals surface area contributed by atoms with Crippen LogP contribution in [0.25, 0.3) is 11.4 Å². The molecule has 4 rings (SSSR count). The zero-order valence-electron chi connectivity index (χ0n) is 37.3. The minimum absolute atomic E-state index is 0.0339. The second-order valence-corrected chi connectivity index (χ2v) is 19.8. The summed E-state index contributed by atoms with van der Waals surface area (Å²) in [6, 6.07) is 6.81. The van der Waals surface area contributed by atoms with E-state index in [4.69, 9.17) is 23.9 Å². The zero-order chi connectivity index (χ0) is 45.1. The fourth-order valence-corrected chi connectivity index (χ4v) is 9.12. The van der Waals surface area contributed by atoms with E-state index in [0.717, 1.165) is 19.3 Å². The maximum Gasteiger partial charge on any atom is 0.409 e. The van der Waals surface area contributed by atoms with E-state index in [1.54, 1.807) is 48.7 Å². The van der Waals surface area contributed by atoms with Crippen molar-refractivity contribution in [2.24, 2.45) is 0 Å². The SMILES string of the molecule is CCCCOC(=O)N1CCN(C(=O)C(CP(=O)(N[C@@H](C)C(=O)OC(C)(C)C)N[C@H](C)C(=O)OC(C)(C)C)NC(=O)c2cc(N3CC[C@H](OC)C3)nc(-c3ccccc3)n2)CC1. The lowest BCUT2D eigenvalue weighted by atomic mass is 10.2. The molecule has 0 spiro atoms. The molecule has 1 aromatic carbocycles. The number of ether oxygens (including phenoxy) is 4. The third-order valence-electron chi connectivity index (χ3n) is 9.72. The Hall–Kier alpha value is -4.64. The molecule has 3 amide bonds. The van der Waals surface area contributed by atoms with Crippen molar-refractivity contribution in [3.8, 4) is 11.4 Å². The molecule has 2 aromatic rings. The first-order valence-electron chi connectivity index (χ1n) is 20.9. The van der Waals surface area contributed by atoms with E-state index in [1.165, 1.54) is 29.7 Å². The van der Waals surface area contributed by atoms with Gasteiger partial charge in [-0.3, -0.25) is 23.7 Å². The highest BCUT2D eigenvalue weighted by Crippen LogP contribution is 2.39. The number of amides is 3. The lowest BCUT2D eigenvalue weighted by Crippen LogP contribution is -2.58. The topological polar surface area (TPSA) is 211 Å². The summed E-state index contributed by atoms with van der Waals surface area (Å²) >= 11 is 0. The number of nitrogens with zero attached hydrogens (tertiary/aromatic N) is 5. The summed E-state index contributed by atoms with van der Waals surface area (Å²) in [6.07, 6.45) is 1.22. The predicted octanol–water partition coefficient (Wildman–Crippen LogP) is 4.38. The Bertz CT molecular complexity index is 1840. The van der Waals surface area contributed by atoms with Crippen LogP contribution in [0.5, 0.6) is 0 Å². The molecule has 2 unspecified atom stereocenters. The molecule has 2 aliphatic rings. The Labute approximate surface area is 359 Å². The second-order valence-electron chi connectivity index (χ2n) is 17.4. The van der Waals surface area contributed by atoms with Crippen LogP contribution in [0, 0.1) is 0 Å². The average Bonchev–Trinajstić information content (AvgIpc) is 3.69. The van der Waals surface area contributed by atoms with Crippen molar-refractivity contribution in [2.45, 2.75) is 117 Å². The molecule has 18 nitrogen and oxygen atoms in total. The molecule has 2 aliphatic heterocycles. The Balaban J connectivity index is 1.73. The van der Waals surface area contributed by atoms with Crippen molar-refractivity contribution >= 4 is 43.1 Å². The molecule has 5 atom stereocenters. The molecule has 2 saturated heterocycles. The van der Waals surface area contributed by atoms with Crippen molar-refractivity contribution in [1.29, 1.82) is 0 Å². The van der Waals surface area contributed by atoms with Gasteiger partial charge in [-0.05, 0) is 68.2 Å². The van der Waals surface area contributed by atoms with E-state index in [1.807, 2.05) is 42.2 Å². The lowest BCUT2D eigenvalue weighted by Gasteiger charge is -2.37. The summed E-state index contributed by atoms with van der Waals surface area (Å²) < 4.78 is 37.3. The summed E-state index contributed by atoms with van der Waals surface area (Å²) in [5.74, 6) is -2.06. The Morgan fingerprint density at radius 2 is 1.43 bits per heavy atom.